The van der Waals surface area contributed by atoms with E-state index in [2.05, 4.69) is 0 Å². The molecule has 0 radical (unpaired) electrons. The first-order valence-corrected chi connectivity index (χ1v) is 4.22. The van der Waals surface area contributed by atoms with Crippen molar-refractivity contribution in [1.29, 1.82) is 0 Å². The quantitative estimate of drug-likeness (QED) is 0.401. The number of carboxylic acids is 1. The predicted octanol–water partition coefficient (Wildman–Crippen LogP) is 0.242. The zero-order valence-corrected chi connectivity index (χ0v) is 8.35. The Balaban J connectivity index is 0. The first-order valence-electron chi connectivity index (χ1n) is 3.69. The Hall–Kier alpha value is -1.34. The lowest BCUT2D eigenvalue weighted by Crippen LogP contribution is -2.17. The fraction of sp³-hybridized carbons (Fsp3) is 0.571. The van der Waals surface area contributed by atoms with Crippen LogP contribution < -0.4 is 0 Å². The zero-order valence-electron chi connectivity index (χ0n) is 7.59. The van der Waals surface area contributed by atoms with Crippen molar-refractivity contribution in [2.24, 2.45) is 0 Å². The number of carbonyl (C=O) groups is 3. The molecule has 0 saturated heterocycles. The summed E-state index contributed by atoms with van der Waals surface area (Å²) in [6.45, 7) is 0. The molecular formula is C7H11ClO7. The molecule has 0 rings (SSSR count). The molecule has 88 valence electrons. The van der Waals surface area contributed by atoms with E-state index in [0.29, 0.717) is 0 Å². The number of carboxylic acid groups (broad SMARTS) is 3. The highest BCUT2D eigenvalue weighted by Gasteiger charge is 2.12. The second-order valence-corrected chi connectivity index (χ2v) is 2.71. The Labute approximate surface area is 89.9 Å². The summed E-state index contributed by atoms with van der Waals surface area (Å²) in [5.41, 5.74) is 0. The fourth-order valence-electron chi connectivity index (χ4n) is 0.558. The summed E-state index contributed by atoms with van der Waals surface area (Å²) in [7, 11) is 0. The highest BCUT2D eigenvalue weighted by molar-refractivity contribution is 6.18. The van der Waals surface area contributed by atoms with Crippen LogP contribution >= 0.6 is 11.6 Å². The van der Waals surface area contributed by atoms with Crippen LogP contribution in [0.1, 0.15) is 12.8 Å². The van der Waals surface area contributed by atoms with Gasteiger partial charge in [-0.3, -0.25) is 9.59 Å². The van der Waals surface area contributed by atoms with Gasteiger partial charge in [0.05, 0.1) is 6.10 Å². The third-order valence-electron chi connectivity index (χ3n) is 0.990. The first kappa shape index (κ1) is 16.1. The molecule has 0 spiro atoms. The monoisotopic (exact) mass is 242 g/mol. The van der Waals surface area contributed by atoms with Crippen LogP contribution in [-0.4, -0.2) is 50.3 Å². The van der Waals surface area contributed by atoms with Crippen LogP contribution in [0.25, 0.3) is 0 Å². The molecule has 7 nitrogen and oxygen atoms in total. The minimum absolute atomic E-state index is 0.0502. The van der Waals surface area contributed by atoms with Gasteiger partial charge in [0, 0.05) is 12.3 Å². The lowest BCUT2D eigenvalue weighted by atomic mass is 10.1. The number of Topliss-reactive ketones (excluding diaryl/α,β-unsaturated/α-hetero) is 1. The molecule has 0 aromatic carbocycles. The highest BCUT2D eigenvalue weighted by Crippen LogP contribution is 1.98. The van der Waals surface area contributed by atoms with Crippen molar-refractivity contribution in [3.8, 4) is 0 Å². The number of hydrogen-bond donors (Lipinski definition) is 4. The summed E-state index contributed by atoms with van der Waals surface area (Å²) < 4.78 is 0. The third kappa shape index (κ3) is 19.2. The van der Waals surface area contributed by atoms with Gasteiger partial charge in [-0.25, -0.2) is 4.79 Å². The molecule has 0 fully saturated rings. The van der Waals surface area contributed by atoms with Gasteiger partial charge < -0.3 is 20.4 Å². The molecule has 0 saturated carbocycles. The number of alkyl halides is 1. The average molecular weight is 243 g/mol. The van der Waals surface area contributed by atoms with E-state index in [9.17, 15) is 9.59 Å². The molecule has 0 unspecified atom stereocenters. The van der Waals surface area contributed by atoms with E-state index >= 15 is 0 Å². The molecule has 0 aromatic heterocycles. The number of rotatable bonds is 5. The largest absolute Gasteiger partial charge is 0.503 e. The number of carbonyl (C=O) groups excluding carboxylic acids is 1. The van der Waals surface area contributed by atoms with Crippen molar-refractivity contribution in [1.82, 2.24) is 0 Å². The van der Waals surface area contributed by atoms with Crippen molar-refractivity contribution in [3.63, 3.8) is 0 Å². The predicted molar refractivity (Wildman–Crippen MR) is 49.3 cm³/mol. The second-order valence-electron chi connectivity index (χ2n) is 2.40. The molecule has 0 aliphatic carbocycles. The lowest BCUT2D eigenvalue weighted by Gasteiger charge is -2.02. The maximum absolute atomic E-state index is 10.6. The summed E-state index contributed by atoms with van der Waals surface area (Å²) in [5.74, 6) is -1.74. The van der Waals surface area contributed by atoms with Gasteiger partial charge in [-0.05, 0) is 0 Å². The number of halogens is 1. The SMILES string of the molecule is O=C(O)CC(=O)C[C@H](O)CCl.O=C(O)O. The van der Waals surface area contributed by atoms with Gasteiger partial charge in [0.25, 0.3) is 0 Å². The van der Waals surface area contributed by atoms with Crippen LogP contribution in [0.5, 0.6) is 0 Å². The summed E-state index contributed by atoms with van der Waals surface area (Å²) >= 11 is 5.18. The van der Waals surface area contributed by atoms with Crippen LogP contribution in [0.2, 0.25) is 0 Å². The Kier molecular flexibility index (Phi) is 9.90. The minimum Gasteiger partial charge on any atom is -0.481 e. The van der Waals surface area contributed by atoms with Crippen LogP contribution in [-0.2, 0) is 9.59 Å². The molecule has 0 amide bonds. The molecule has 8 heteroatoms. The fourth-order valence-corrected chi connectivity index (χ4v) is 0.667. The van der Waals surface area contributed by atoms with Crippen LogP contribution in [0.4, 0.5) is 4.79 Å². The minimum atomic E-state index is -1.83. The number of aliphatic hydroxyl groups is 1. The molecule has 4 N–H and O–H groups in total. The summed E-state index contributed by atoms with van der Waals surface area (Å²) in [6.07, 6.45) is -3.49. The second kappa shape index (κ2) is 9.22. The topological polar surface area (TPSA) is 132 Å². The van der Waals surface area contributed by atoms with E-state index in [1.807, 2.05) is 0 Å². The lowest BCUT2D eigenvalue weighted by molar-refractivity contribution is -0.140. The standard InChI is InChI=1S/C6H9ClO4.CH2O3/c7-3-5(9)1-4(8)2-6(10)11;2-1(3)4/h5,9H,1-3H2,(H,10,11);(H2,2,3,4)/t5-;/m0./s1. The Morgan fingerprint density at radius 1 is 1.13 bits per heavy atom. The molecule has 0 heterocycles. The van der Waals surface area contributed by atoms with Gasteiger partial charge in [0.15, 0.2) is 0 Å². The van der Waals surface area contributed by atoms with E-state index in [1.54, 1.807) is 0 Å². The van der Waals surface area contributed by atoms with Gasteiger partial charge in [0.2, 0.25) is 0 Å². The van der Waals surface area contributed by atoms with Crippen molar-refractivity contribution < 1.29 is 34.8 Å². The molecule has 1 atom stereocenters. The van der Waals surface area contributed by atoms with E-state index < -0.39 is 30.4 Å². The van der Waals surface area contributed by atoms with Crippen molar-refractivity contribution >= 4 is 29.5 Å². The van der Waals surface area contributed by atoms with Crippen LogP contribution in [0.3, 0.4) is 0 Å². The number of aliphatic hydroxyl groups excluding tert-OH is 1. The zero-order chi connectivity index (χ0) is 12.4. The maximum atomic E-state index is 10.6. The van der Waals surface area contributed by atoms with Crippen LogP contribution in [0.15, 0.2) is 0 Å². The summed E-state index contributed by atoms with van der Waals surface area (Å²) in [5, 5.41) is 30.9. The van der Waals surface area contributed by atoms with Gasteiger partial charge in [-0.1, -0.05) is 0 Å². The Morgan fingerprint density at radius 3 is 1.80 bits per heavy atom. The van der Waals surface area contributed by atoms with Gasteiger partial charge in [0.1, 0.15) is 12.2 Å². The number of aliphatic carboxylic acids is 1. The van der Waals surface area contributed by atoms with Gasteiger partial charge in [-0.2, -0.15) is 0 Å². The van der Waals surface area contributed by atoms with Crippen molar-refractivity contribution in [3.05, 3.63) is 0 Å². The Morgan fingerprint density at radius 2 is 1.53 bits per heavy atom. The number of ketones is 1. The van der Waals surface area contributed by atoms with Crippen molar-refractivity contribution in [2.75, 3.05) is 5.88 Å². The molecule has 0 aliphatic heterocycles. The molecule has 15 heavy (non-hydrogen) atoms. The smallest absolute Gasteiger partial charge is 0.481 e. The third-order valence-corrected chi connectivity index (χ3v) is 1.35. The summed E-state index contributed by atoms with van der Waals surface area (Å²) in [4.78, 5) is 29.1. The van der Waals surface area contributed by atoms with E-state index in [4.69, 9.17) is 36.8 Å². The normalized spacial score (nSPS) is 10.8. The molecule has 0 bridgehead atoms. The first-order chi connectivity index (χ1) is 6.79. The average Bonchev–Trinajstić information content (AvgIpc) is 2.01. The summed E-state index contributed by atoms with van der Waals surface area (Å²) in [6, 6.07) is 0. The number of hydrogen-bond acceptors (Lipinski definition) is 4. The maximum Gasteiger partial charge on any atom is 0.503 e. The van der Waals surface area contributed by atoms with E-state index in [-0.39, 0.29) is 12.3 Å². The van der Waals surface area contributed by atoms with Crippen molar-refractivity contribution in [2.45, 2.75) is 18.9 Å². The highest BCUT2D eigenvalue weighted by atomic mass is 35.5. The van der Waals surface area contributed by atoms with Crippen LogP contribution in [0, 0.1) is 0 Å². The molecule has 0 aliphatic rings. The molecule has 0 aromatic rings. The van der Waals surface area contributed by atoms with Gasteiger partial charge in [-0.15, -0.1) is 11.6 Å². The van der Waals surface area contributed by atoms with Gasteiger partial charge >= 0.3 is 12.1 Å². The Bertz CT molecular complexity index is 223. The van der Waals surface area contributed by atoms with E-state index in [1.165, 1.54) is 0 Å². The molecular weight excluding hydrogens is 232 g/mol. The van der Waals surface area contributed by atoms with E-state index in [0.717, 1.165) is 0 Å².